The van der Waals surface area contributed by atoms with Crippen molar-refractivity contribution in [3.05, 3.63) is 67.3 Å². The second-order valence-electron chi connectivity index (χ2n) is 6.56. The molecular formula is C19H14Cl2FN3O3S. The third kappa shape index (κ3) is 3.75. The SMILES string of the molecule is O=C(c1sc2cc(F)ccc2c1Cl)N1CCN(c2ccc(Cl)cc2[N+](=O)[O-])CC1. The van der Waals surface area contributed by atoms with E-state index in [1.54, 1.807) is 23.1 Å². The molecule has 2 heterocycles. The summed E-state index contributed by atoms with van der Waals surface area (Å²) in [5.41, 5.74) is 0.411. The summed E-state index contributed by atoms with van der Waals surface area (Å²) in [5, 5.41) is 12.6. The first kappa shape index (κ1) is 19.9. The number of amides is 1. The average molecular weight is 454 g/mol. The molecule has 0 bridgehead atoms. The van der Waals surface area contributed by atoms with Gasteiger partial charge in [0.2, 0.25) is 0 Å². The molecule has 2 aromatic carbocycles. The number of nitrogens with zero attached hydrogens (tertiary/aromatic N) is 3. The number of hydrogen-bond donors (Lipinski definition) is 0. The largest absolute Gasteiger partial charge is 0.362 e. The maximum absolute atomic E-state index is 13.5. The summed E-state index contributed by atoms with van der Waals surface area (Å²) in [6, 6.07) is 8.79. The standard InChI is InChI=1S/C19H14Cl2FN3O3S/c20-11-1-4-14(15(9-11)25(27)28)23-5-7-24(8-6-23)19(26)18-17(21)13-3-2-12(22)10-16(13)29-18/h1-4,9-10H,5-8H2. The van der Waals surface area contributed by atoms with Crippen LogP contribution >= 0.6 is 34.5 Å². The van der Waals surface area contributed by atoms with Crippen molar-refractivity contribution in [1.82, 2.24) is 4.90 Å². The van der Waals surface area contributed by atoms with Gasteiger partial charge in [0.05, 0.1) is 9.95 Å². The van der Waals surface area contributed by atoms with Crippen molar-refractivity contribution in [2.24, 2.45) is 0 Å². The number of piperazine rings is 1. The summed E-state index contributed by atoms with van der Waals surface area (Å²) >= 11 is 13.4. The summed E-state index contributed by atoms with van der Waals surface area (Å²) < 4.78 is 14.1. The molecule has 1 fully saturated rings. The molecule has 4 rings (SSSR count). The third-order valence-corrected chi connectivity index (χ3v) is 6.71. The predicted molar refractivity (Wildman–Crippen MR) is 113 cm³/mol. The van der Waals surface area contributed by atoms with Crippen molar-refractivity contribution in [2.75, 3.05) is 31.1 Å². The highest BCUT2D eigenvalue weighted by Gasteiger charge is 2.28. The molecule has 0 unspecified atom stereocenters. The number of nitro benzene ring substituents is 1. The fraction of sp³-hybridized carbons (Fsp3) is 0.211. The van der Waals surface area contributed by atoms with E-state index in [9.17, 15) is 19.3 Å². The highest BCUT2D eigenvalue weighted by molar-refractivity contribution is 7.21. The number of carbonyl (C=O) groups is 1. The molecule has 0 saturated carbocycles. The molecule has 150 valence electrons. The zero-order valence-corrected chi connectivity index (χ0v) is 17.2. The lowest BCUT2D eigenvalue weighted by molar-refractivity contribution is -0.384. The van der Waals surface area contributed by atoms with Crippen LogP contribution in [0.4, 0.5) is 15.8 Å². The van der Waals surface area contributed by atoms with Crippen LogP contribution in [0.5, 0.6) is 0 Å². The van der Waals surface area contributed by atoms with Crippen molar-refractivity contribution >= 4 is 61.9 Å². The minimum atomic E-state index is -0.463. The molecule has 1 aromatic heterocycles. The summed E-state index contributed by atoms with van der Waals surface area (Å²) in [5.74, 6) is -0.602. The monoisotopic (exact) mass is 453 g/mol. The molecule has 10 heteroatoms. The van der Waals surface area contributed by atoms with Gasteiger partial charge in [0.25, 0.3) is 11.6 Å². The van der Waals surface area contributed by atoms with Gasteiger partial charge in [-0.1, -0.05) is 23.2 Å². The molecule has 0 atom stereocenters. The normalized spacial score (nSPS) is 14.4. The maximum atomic E-state index is 13.5. The van der Waals surface area contributed by atoms with Gasteiger partial charge in [-0.25, -0.2) is 4.39 Å². The highest BCUT2D eigenvalue weighted by Crippen LogP contribution is 2.37. The topological polar surface area (TPSA) is 66.7 Å². The molecule has 1 aliphatic heterocycles. The number of halogens is 3. The number of nitro groups is 1. The predicted octanol–water partition coefficient (Wildman–Crippen LogP) is 5.22. The van der Waals surface area contributed by atoms with Gasteiger partial charge in [-0.3, -0.25) is 14.9 Å². The first-order valence-electron chi connectivity index (χ1n) is 8.71. The van der Waals surface area contributed by atoms with Crippen LogP contribution in [-0.4, -0.2) is 41.9 Å². The quantitative estimate of drug-likeness (QED) is 0.402. The van der Waals surface area contributed by atoms with Crippen LogP contribution in [0.1, 0.15) is 9.67 Å². The Kier molecular flexibility index (Phi) is 5.33. The van der Waals surface area contributed by atoms with E-state index in [1.165, 1.54) is 18.2 Å². The van der Waals surface area contributed by atoms with Crippen LogP contribution in [-0.2, 0) is 0 Å². The number of thiophene rings is 1. The average Bonchev–Trinajstić information content (AvgIpc) is 3.03. The molecule has 0 aliphatic carbocycles. The van der Waals surface area contributed by atoms with E-state index in [4.69, 9.17) is 23.2 Å². The lowest BCUT2D eigenvalue weighted by atomic mass is 10.2. The minimum Gasteiger partial charge on any atom is -0.362 e. The van der Waals surface area contributed by atoms with Crippen molar-refractivity contribution in [1.29, 1.82) is 0 Å². The summed E-state index contributed by atoms with van der Waals surface area (Å²) in [6.07, 6.45) is 0. The van der Waals surface area contributed by atoms with Crippen molar-refractivity contribution in [3.63, 3.8) is 0 Å². The van der Waals surface area contributed by atoms with Crippen LogP contribution < -0.4 is 4.90 Å². The smallest absolute Gasteiger partial charge is 0.294 e. The Morgan fingerprint density at radius 1 is 1.10 bits per heavy atom. The molecule has 1 aliphatic rings. The zero-order valence-electron chi connectivity index (χ0n) is 14.9. The van der Waals surface area contributed by atoms with Gasteiger partial charge in [0.1, 0.15) is 16.4 Å². The molecule has 0 N–H and O–H groups in total. The molecule has 0 spiro atoms. The van der Waals surface area contributed by atoms with E-state index in [2.05, 4.69) is 0 Å². The van der Waals surface area contributed by atoms with Crippen molar-refractivity contribution < 1.29 is 14.1 Å². The van der Waals surface area contributed by atoms with E-state index in [-0.39, 0.29) is 17.4 Å². The number of anilines is 1. The Bertz CT molecular complexity index is 1130. The van der Waals surface area contributed by atoms with Crippen LogP contribution in [0.25, 0.3) is 10.1 Å². The Morgan fingerprint density at radius 3 is 2.52 bits per heavy atom. The third-order valence-electron chi connectivity index (χ3n) is 4.83. The number of fused-ring (bicyclic) bond motifs is 1. The molecular weight excluding hydrogens is 440 g/mol. The van der Waals surface area contributed by atoms with E-state index in [1.807, 2.05) is 4.90 Å². The summed E-state index contributed by atoms with van der Waals surface area (Å²) in [4.78, 5) is 27.7. The maximum Gasteiger partial charge on any atom is 0.294 e. The molecule has 0 radical (unpaired) electrons. The highest BCUT2D eigenvalue weighted by atomic mass is 35.5. The van der Waals surface area contributed by atoms with Gasteiger partial charge in [0, 0.05) is 47.4 Å². The van der Waals surface area contributed by atoms with Gasteiger partial charge in [0.15, 0.2) is 0 Å². The Hall–Kier alpha value is -2.42. The lowest BCUT2D eigenvalue weighted by Crippen LogP contribution is -2.48. The second kappa shape index (κ2) is 7.78. The van der Waals surface area contributed by atoms with E-state index in [0.29, 0.717) is 56.9 Å². The molecule has 1 saturated heterocycles. The first-order valence-corrected chi connectivity index (χ1v) is 10.3. The van der Waals surface area contributed by atoms with Crippen molar-refractivity contribution in [2.45, 2.75) is 0 Å². The molecule has 3 aromatic rings. The van der Waals surface area contributed by atoms with Gasteiger partial charge in [-0.05, 0) is 30.3 Å². The number of benzene rings is 2. The molecule has 1 amide bonds. The van der Waals surface area contributed by atoms with Gasteiger partial charge in [-0.15, -0.1) is 11.3 Å². The molecule has 29 heavy (non-hydrogen) atoms. The van der Waals surface area contributed by atoms with Crippen LogP contribution in [0.3, 0.4) is 0 Å². The summed E-state index contributed by atoms with van der Waals surface area (Å²) in [7, 11) is 0. The lowest BCUT2D eigenvalue weighted by Gasteiger charge is -2.35. The van der Waals surface area contributed by atoms with Crippen LogP contribution in [0.2, 0.25) is 10.0 Å². The summed E-state index contributed by atoms with van der Waals surface area (Å²) in [6.45, 7) is 1.64. The number of rotatable bonds is 3. The Morgan fingerprint density at radius 2 is 1.83 bits per heavy atom. The molecule has 6 nitrogen and oxygen atoms in total. The number of hydrogen-bond acceptors (Lipinski definition) is 5. The van der Waals surface area contributed by atoms with Gasteiger partial charge in [-0.2, -0.15) is 0 Å². The van der Waals surface area contributed by atoms with Gasteiger partial charge >= 0.3 is 0 Å². The van der Waals surface area contributed by atoms with E-state index in [0.717, 1.165) is 11.3 Å². The van der Waals surface area contributed by atoms with Crippen LogP contribution in [0.15, 0.2) is 36.4 Å². The first-order chi connectivity index (χ1) is 13.8. The Labute approximate surface area is 179 Å². The van der Waals surface area contributed by atoms with E-state index >= 15 is 0 Å². The number of carbonyl (C=O) groups excluding carboxylic acids is 1. The fourth-order valence-corrected chi connectivity index (χ4v) is 5.05. The van der Waals surface area contributed by atoms with Crippen LogP contribution in [0, 0.1) is 15.9 Å². The van der Waals surface area contributed by atoms with Gasteiger partial charge < -0.3 is 9.80 Å². The van der Waals surface area contributed by atoms with Crippen molar-refractivity contribution in [3.8, 4) is 0 Å². The minimum absolute atomic E-state index is 0.0631. The second-order valence-corrected chi connectivity index (χ2v) is 8.42. The Balaban J connectivity index is 1.53. The zero-order chi connectivity index (χ0) is 20.7. The van der Waals surface area contributed by atoms with E-state index < -0.39 is 4.92 Å². The fourth-order valence-electron chi connectivity index (χ4n) is 3.38.